The average molecular weight is 445 g/mol. The average Bonchev–Trinajstić information content (AvgIpc) is 2.81. The van der Waals surface area contributed by atoms with E-state index in [0.717, 1.165) is 5.56 Å². The zero-order valence-corrected chi connectivity index (χ0v) is 18.0. The number of nitrogens with zero attached hydrogens (tertiary/aromatic N) is 2. The lowest BCUT2D eigenvalue weighted by atomic mass is 10.0. The molecule has 168 valence electrons. The SMILES string of the molecule is N#Cc1ccccc1-c1ccc(C(=O)NCCCC(N)=O)c(NCCc2cccc(F)c2)n1. The predicted octanol–water partition coefficient (Wildman–Crippen LogP) is 3.41. The molecular formula is C25H24FN5O2. The zero-order valence-electron chi connectivity index (χ0n) is 18.0. The lowest BCUT2D eigenvalue weighted by molar-refractivity contribution is -0.118. The summed E-state index contributed by atoms with van der Waals surface area (Å²) in [5.41, 5.74) is 7.94. The number of nitrogens with one attached hydrogen (secondary N) is 2. The third-order valence-corrected chi connectivity index (χ3v) is 4.94. The number of aromatic nitrogens is 1. The van der Waals surface area contributed by atoms with E-state index in [-0.39, 0.29) is 18.1 Å². The first-order chi connectivity index (χ1) is 16.0. The van der Waals surface area contributed by atoms with Gasteiger partial charge in [0.15, 0.2) is 0 Å². The van der Waals surface area contributed by atoms with Crippen LogP contribution in [0.25, 0.3) is 11.3 Å². The Morgan fingerprint density at radius 2 is 1.88 bits per heavy atom. The number of nitriles is 1. The molecule has 0 saturated heterocycles. The number of anilines is 1. The Morgan fingerprint density at radius 3 is 2.64 bits per heavy atom. The van der Waals surface area contributed by atoms with Crippen LogP contribution in [0.3, 0.4) is 0 Å². The van der Waals surface area contributed by atoms with E-state index in [1.165, 1.54) is 12.1 Å². The van der Waals surface area contributed by atoms with E-state index >= 15 is 0 Å². The summed E-state index contributed by atoms with van der Waals surface area (Å²) in [5.74, 6) is -0.729. The van der Waals surface area contributed by atoms with Crippen molar-refractivity contribution in [3.63, 3.8) is 0 Å². The number of rotatable bonds is 10. The Hall–Kier alpha value is -4.25. The van der Waals surface area contributed by atoms with Gasteiger partial charge in [-0.05, 0) is 48.7 Å². The molecule has 0 unspecified atom stereocenters. The van der Waals surface area contributed by atoms with E-state index in [0.29, 0.717) is 54.1 Å². The normalized spacial score (nSPS) is 10.3. The van der Waals surface area contributed by atoms with Crippen LogP contribution in [-0.2, 0) is 11.2 Å². The van der Waals surface area contributed by atoms with Crippen LogP contribution in [0.2, 0.25) is 0 Å². The molecule has 0 fully saturated rings. The number of carbonyl (C=O) groups excluding carboxylic acids is 2. The van der Waals surface area contributed by atoms with Crippen molar-refractivity contribution in [1.82, 2.24) is 10.3 Å². The van der Waals surface area contributed by atoms with Crippen molar-refractivity contribution in [1.29, 1.82) is 5.26 Å². The van der Waals surface area contributed by atoms with Crippen LogP contribution in [0.1, 0.15) is 34.3 Å². The maximum atomic E-state index is 13.5. The molecule has 0 saturated carbocycles. The quantitative estimate of drug-likeness (QED) is 0.413. The highest BCUT2D eigenvalue weighted by molar-refractivity contribution is 5.99. The molecule has 8 heteroatoms. The fourth-order valence-electron chi connectivity index (χ4n) is 3.31. The number of carbonyl (C=O) groups is 2. The molecule has 3 aromatic rings. The fourth-order valence-corrected chi connectivity index (χ4v) is 3.31. The van der Waals surface area contributed by atoms with Crippen LogP contribution in [0.4, 0.5) is 10.2 Å². The molecule has 2 amide bonds. The van der Waals surface area contributed by atoms with Gasteiger partial charge in [-0.25, -0.2) is 9.37 Å². The van der Waals surface area contributed by atoms with E-state index in [1.807, 2.05) is 12.1 Å². The largest absolute Gasteiger partial charge is 0.370 e. The van der Waals surface area contributed by atoms with Gasteiger partial charge in [0.1, 0.15) is 11.6 Å². The van der Waals surface area contributed by atoms with Gasteiger partial charge in [-0.15, -0.1) is 0 Å². The molecule has 0 bridgehead atoms. The Bertz CT molecular complexity index is 1190. The summed E-state index contributed by atoms with van der Waals surface area (Å²) in [6.07, 6.45) is 1.14. The second-order valence-corrected chi connectivity index (χ2v) is 7.38. The predicted molar refractivity (Wildman–Crippen MR) is 124 cm³/mol. The monoisotopic (exact) mass is 445 g/mol. The summed E-state index contributed by atoms with van der Waals surface area (Å²) in [4.78, 5) is 28.2. The minimum absolute atomic E-state index is 0.182. The second-order valence-electron chi connectivity index (χ2n) is 7.38. The molecule has 1 heterocycles. The maximum Gasteiger partial charge on any atom is 0.255 e. The number of halogens is 1. The van der Waals surface area contributed by atoms with Gasteiger partial charge in [-0.3, -0.25) is 9.59 Å². The minimum Gasteiger partial charge on any atom is -0.370 e. The molecule has 0 atom stereocenters. The molecule has 0 aliphatic rings. The maximum absolute atomic E-state index is 13.5. The van der Waals surface area contributed by atoms with E-state index < -0.39 is 5.91 Å². The topological polar surface area (TPSA) is 121 Å². The summed E-state index contributed by atoms with van der Waals surface area (Å²) < 4.78 is 13.5. The molecule has 0 aliphatic carbocycles. The summed E-state index contributed by atoms with van der Waals surface area (Å²) in [6, 6.07) is 18.9. The molecule has 7 nitrogen and oxygen atoms in total. The number of hydrogen-bond donors (Lipinski definition) is 3. The Labute approximate surface area is 191 Å². The van der Waals surface area contributed by atoms with Gasteiger partial charge >= 0.3 is 0 Å². The molecule has 4 N–H and O–H groups in total. The first kappa shape index (κ1) is 23.4. The molecular weight excluding hydrogens is 421 g/mol. The van der Waals surface area contributed by atoms with E-state index in [9.17, 15) is 19.2 Å². The minimum atomic E-state index is -0.425. The van der Waals surface area contributed by atoms with Crippen molar-refractivity contribution in [3.05, 3.63) is 83.2 Å². The molecule has 0 aliphatic heterocycles. The number of primary amides is 1. The van der Waals surface area contributed by atoms with Crippen molar-refractivity contribution in [3.8, 4) is 17.3 Å². The van der Waals surface area contributed by atoms with E-state index in [1.54, 1.807) is 36.4 Å². The summed E-state index contributed by atoms with van der Waals surface area (Å²) >= 11 is 0. The Morgan fingerprint density at radius 1 is 1.06 bits per heavy atom. The van der Waals surface area contributed by atoms with Gasteiger partial charge in [0.2, 0.25) is 5.91 Å². The summed E-state index contributed by atoms with van der Waals surface area (Å²) in [5, 5.41) is 15.4. The van der Waals surface area contributed by atoms with Crippen LogP contribution in [0.5, 0.6) is 0 Å². The van der Waals surface area contributed by atoms with Crippen LogP contribution < -0.4 is 16.4 Å². The van der Waals surface area contributed by atoms with Crippen LogP contribution >= 0.6 is 0 Å². The molecule has 2 aromatic carbocycles. The number of nitrogens with two attached hydrogens (primary N) is 1. The number of pyridine rings is 1. The Balaban J connectivity index is 1.82. The number of benzene rings is 2. The molecule has 0 spiro atoms. The highest BCUT2D eigenvalue weighted by Crippen LogP contribution is 2.25. The van der Waals surface area contributed by atoms with E-state index in [4.69, 9.17) is 5.73 Å². The van der Waals surface area contributed by atoms with Crippen LogP contribution in [0.15, 0.2) is 60.7 Å². The van der Waals surface area contributed by atoms with E-state index in [2.05, 4.69) is 21.7 Å². The highest BCUT2D eigenvalue weighted by Gasteiger charge is 2.15. The van der Waals surface area contributed by atoms with Gasteiger partial charge in [-0.1, -0.05) is 30.3 Å². The van der Waals surface area contributed by atoms with Crippen molar-refractivity contribution in [2.75, 3.05) is 18.4 Å². The Kier molecular flexibility index (Phi) is 8.08. The van der Waals surface area contributed by atoms with Crippen molar-refractivity contribution in [2.45, 2.75) is 19.3 Å². The van der Waals surface area contributed by atoms with Gasteiger partial charge < -0.3 is 16.4 Å². The highest BCUT2D eigenvalue weighted by atomic mass is 19.1. The van der Waals surface area contributed by atoms with Crippen molar-refractivity contribution in [2.24, 2.45) is 5.73 Å². The van der Waals surface area contributed by atoms with Crippen molar-refractivity contribution >= 4 is 17.6 Å². The molecule has 0 radical (unpaired) electrons. The zero-order chi connectivity index (χ0) is 23.6. The number of amides is 2. The van der Waals surface area contributed by atoms with Gasteiger partial charge in [0.25, 0.3) is 5.91 Å². The molecule has 33 heavy (non-hydrogen) atoms. The fraction of sp³-hybridized carbons (Fsp3) is 0.200. The van der Waals surface area contributed by atoms with Gasteiger partial charge in [0.05, 0.1) is 22.9 Å². The molecule has 3 rings (SSSR count). The van der Waals surface area contributed by atoms with Crippen molar-refractivity contribution < 1.29 is 14.0 Å². The lowest BCUT2D eigenvalue weighted by Gasteiger charge is -2.14. The number of hydrogen-bond acceptors (Lipinski definition) is 5. The smallest absolute Gasteiger partial charge is 0.255 e. The van der Waals surface area contributed by atoms with Crippen LogP contribution in [-0.4, -0.2) is 29.9 Å². The molecule has 1 aromatic heterocycles. The third-order valence-electron chi connectivity index (χ3n) is 4.94. The third kappa shape index (κ3) is 6.61. The summed E-state index contributed by atoms with van der Waals surface area (Å²) in [6.45, 7) is 0.714. The standard InChI is InChI=1S/C25H24FN5O2/c26-19-7-3-5-17(15-19)12-14-29-24-21(25(33)30-13-4-9-23(28)32)10-11-22(31-24)20-8-2-1-6-18(20)16-27/h1-3,5-8,10-11,15H,4,9,12-14H2,(H2,28,32)(H,29,31)(H,30,33). The van der Waals surface area contributed by atoms with Gasteiger partial charge in [-0.2, -0.15) is 5.26 Å². The van der Waals surface area contributed by atoms with Gasteiger partial charge in [0, 0.05) is 25.1 Å². The van der Waals surface area contributed by atoms with Crippen LogP contribution in [0, 0.1) is 17.1 Å². The first-order valence-electron chi connectivity index (χ1n) is 10.5. The lowest BCUT2D eigenvalue weighted by Crippen LogP contribution is -2.27. The summed E-state index contributed by atoms with van der Waals surface area (Å²) in [7, 11) is 0. The second kappa shape index (κ2) is 11.4. The first-order valence-corrected chi connectivity index (χ1v) is 10.5.